The third-order valence-electron chi connectivity index (χ3n) is 4.61. The quantitative estimate of drug-likeness (QED) is 0.718. The molecule has 2 aromatic rings. The minimum absolute atomic E-state index is 0.0781. The van der Waals surface area contributed by atoms with Crippen molar-refractivity contribution in [2.75, 3.05) is 30.0 Å². The second-order valence-corrected chi connectivity index (χ2v) is 8.56. The molecule has 9 nitrogen and oxygen atoms in total. The lowest BCUT2D eigenvalue weighted by molar-refractivity contribution is -0.0494. The number of sulfone groups is 1. The van der Waals surface area contributed by atoms with Crippen molar-refractivity contribution in [3.05, 3.63) is 18.3 Å². The first-order chi connectivity index (χ1) is 13.2. The van der Waals surface area contributed by atoms with Crippen molar-refractivity contribution in [2.45, 2.75) is 30.3 Å². The Morgan fingerprint density at radius 1 is 1.36 bits per heavy atom. The number of pyridine rings is 1. The first-order valence-electron chi connectivity index (χ1n) is 8.39. The van der Waals surface area contributed by atoms with Crippen LogP contribution in [0.15, 0.2) is 23.5 Å². The molecule has 2 atom stereocenters. The number of hydrogen-bond acceptors (Lipinski definition) is 9. The van der Waals surface area contributed by atoms with Gasteiger partial charge in [0.1, 0.15) is 5.82 Å². The molecule has 0 aliphatic carbocycles. The van der Waals surface area contributed by atoms with E-state index in [1.807, 2.05) is 4.90 Å². The molecule has 12 heteroatoms. The normalized spacial score (nSPS) is 21.5. The minimum Gasteiger partial charge on any atom is -0.431 e. The predicted molar refractivity (Wildman–Crippen MR) is 94.9 cm³/mol. The molecule has 2 saturated heterocycles. The lowest BCUT2D eigenvalue weighted by Gasteiger charge is -2.28. The molecule has 4 heterocycles. The van der Waals surface area contributed by atoms with Crippen LogP contribution < -0.4 is 15.4 Å². The van der Waals surface area contributed by atoms with E-state index < -0.39 is 16.4 Å². The molecule has 2 aromatic heterocycles. The molecule has 0 radical (unpaired) electrons. The topological polar surface area (TPSA) is 121 Å². The van der Waals surface area contributed by atoms with Crippen molar-refractivity contribution in [3.63, 3.8) is 0 Å². The molecule has 2 N–H and O–H groups in total. The molecule has 150 valence electrons. The Hall–Kier alpha value is -2.60. The molecular formula is C16H17F2N5O4S. The van der Waals surface area contributed by atoms with Gasteiger partial charge in [-0.05, 0) is 12.5 Å². The van der Waals surface area contributed by atoms with Crippen molar-refractivity contribution >= 4 is 21.5 Å². The first kappa shape index (κ1) is 18.7. The summed E-state index contributed by atoms with van der Waals surface area (Å²) in [5.74, 6) is -0.104. The molecule has 2 unspecified atom stereocenters. The summed E-state index contributed by atoms with van der Waals surface area (Å²) < 4.78 is 59.3. The van der Waals surface area contributed by atoms with Crippen LogP contribution in [0.1, 0.15) is 6.42 Å². The third-order valence-corrected chi connectivity index (χ3v) is 5.46. The first-order valence-corrected chi connectivity index (χ1v) is 10.3. The second-order valence-electron chi connectivity index (χ2n) is 6.65. The highest BCUT2D eigenvalue weighted by molar-refractivity contribution is 7.90. The van der Waals surface area contributed by atoms with Crippen molar-refractivity contribution in [2.24, 2.45) is 0 Å². The maximum atomic E-state index is 12.6. The number of aromatic nitrogens is 3. The van der Waals surface area contributed by atoms with E-state index in [9.17, 15) is 17.2 Å². The maximum absolute atomic E-state index is 12.6. The van der Waals surface area contributed by atoms with Gasteiger partial charge in [-0.3, -0.25) is 0 Å². The number of fused-ring (bicyclic) bond motifs is 2. The molecule has 2 aliphatic rings. The van der Waals surface area contributed by atoms with Crippen LogP contribution in [0.2, 0.25) is 0 Å². The lowest BCUT2D eigenvalue weighted by atomic mass is 10.2. The number of nitrogen functional groups attached to an aromatic ring is 1. The number of rotatable bonds is 5. The summed E-state index contributed by atoms with van der Waals surface area (Å²) >= 11 is 0. The SMILES string of the molecule is CS(=O)(=O)c1nc(-c2cnc(N)c(OC(F)F)c2)cc(N2CC3CC2CO3)n1. The van der Waals surface area contributed by atoms with E-state index in [4.69, 9.17) is 10.5 Å². The third kappa shape index (κ3) is 3.56. The van der Waals surface area contributed by atoms with Crippen molar-refractivity contribution in [1.29, 1.82) is 0 Å². The molecular weight excluding hydrogens is 396 g/mol. The van der Waals surface area contributed by atoms with E-state index in [-0.39, 0.29) is 40.1 Å². The Morgan fingerprint density at radius 3 is 2.75 bits per heavy atom. The summed E-state index contributed by atoms with van der Waals surface area (Å²) in [5, 5.41) is -0.364. The fourth-order valence-corrected chi connectivity index (χ4v) is 3.86. The zero-order valence-corrected chi connectivity index (χ0v) is 15.6. The molecule has 4 rings (SSSR count). The van der Waals surface area contributed by atoms with Crippen LogP contribution >= 0.6 is 0 Å². The Morgan fingerprint density at radius 2 is 2.14 bits per heavy atom. The van der Waals surface area contributed by atoms with Gasteiger partial charge < -0.3 is 20.1 Å². The van der Waals surface area contributed by atoms with Gasteiger partial charge in [0.15, 0.2) is 11.6 Å². The Bertz CT molecular complexity index is 1020. The van der Waals surface area contributed by atoms with Crippen LogP contribution in [-0.4, -0.2) is 61.5 Å². The lowest BCUT2D eigenvalue weighted by Crippen LogP contribution is -2.37. The Labute approximate surface area is 159 Å². The standard InChI is InChI=1S/C16H17F2N5O4S/c1-28(24,25)16-21-11(8-2-12(27-15(17)18)14(19)20-5-8)4-13(22-16)23-6-10-3-9(23)7-26-10/h2,4-5,9-10,15H,3,6-7H2,1H3,(H2,19,20). The summed E-state index contributed by atoms with van der Waals surface area (Å²) in [4.78, 5) is 14.1. The van der Waals surface area contributed by atoms with E-state index in [1.165, 1.54) is 12.3 Å². The molecule has 0 amide bonds. The number of anilines is 2. The average Bonchev–Trinajstić information content (AvgIpc) is 3.25. The van der Waals surface area contributed by atoms with E-state index >= 15 is 0 Å². The number of alkyl halides is 2. The van der Waals surface area contributed by atoms with Crippen molar-refractivity contribution in [3.8, 4) is 17.0 Å². The van der Waals surface area contributed by atoms with E-state index in [0.29, 0.717) is 19.0 Å². The van der Waals surface area contributed by atoms with Gasteiger partial charge in [0.05, 0.1) is 24.4 Å². The van der Waals surface area contributed by atoms with Crippen LogP contribution in [0, 0.1) is 0 Å². The molecule has 0 aromatic carbocycles. The van der Waals surface area contributed by atoms with Crippen LogP contribution in [0.3, 0.4) is 0 Å². The Balaban J connectivity index is 1.79. The van der Waals surface area contributed by atoms with Crippen molar-refractivity contribution < 1.29 is 26.7 Å². The minimum atomic E-state index is -3.71. The van der Waals surface area contributed by atoms with Crippen LogP contribution in [0.25, 0.3) is 11.3 Å². The molecule has 0 spiro atoms. The number of morpholine rings is 1. The van der Waals surface area contributed by atoms with Gasteiger partial charge in [0.25, 0.3) is 0 Å². The summed E-state index contributed by atoms with van der Waals surface area (Å²) in [6, 6.07) is 2.93. The number of nitrogens with two attached hydrogens (primary N) is 1. The van der Waals surface area contributed by atoms with E-state index in [2.05, 4.69) is 19.7 Å². The van der Waals surface area contributed by atoms with E-state index in [1.54, 1.807) is 6.07 Å². The highest BCUT2D eigenvalue weighted by Gasteiger charge is 2.40. The fraction of sp³-hybridized carbons (Fsp3) is 0.438. The zero-order valence-electron chi connectivity index (χ0n) is 14.7. The molecule has 28 heavy (non-hydrogen) atoms. The summed E-state index contributed by atoms with van der Waals surface area (Å²) in [6.07, 6.45) is 3.23. The van der Waals surface area contributed by atoms with Gasteiger partial charge in [0, 0.05) is 30.6 Å². The predicted octanol–water partition coefficient (Wildman–Crippen LogP) is 1.10. The number of nitrogens with zero attached hydrogens (tertiary/aromatic N) is 4. The van der Waals surface area contributed by atoms with Gasteiger partial charge in [0.2, 0.25) is 15.0 Å². The van der Waals surface area contributed by atoms with Gasteiger partial charge in [-0.25, -0.2) is 23.4 Å². The highest BCUT2D eigenvalue weighted by Crippen LogP contribution is 2.34. The van der Waals surface area contributed by atoms with Crippen LogP contribution in [0.5, 0.6) is 5.75 Å². The molecule has 2 bridgehead atoms. The largest absolute Gasteiger partial charge is 0.431 e. The number of halogens is 2. The van der Waals surface area contributed by atoms with Gasteiger partial charge >= 0.3 is 6.61 Å². The van der Waals surface area contributed by atoms with E-state index in [0.717, 1.165) is 12.7 Å². The number of hydrogen-bond donors (Lipinski definition) is 1. The van der Waals surface area contributed by atoms with Crippen LogP contribution in [-0.2, 0) is 14.6 Å². The summed E-state index contributed by atoms with van der Waals surface area (Å²) in [5.41, 5.74) is 6.05. The molecule has 0 saturated carbocycles. The van der Waals surface area contributed by atoms with Gasteiger partial charge in [-0.2, -0.15) is 8.78 Å². The second kappa shape index (κ2) is 6.78. The average molecular weight is 413 g/mol. The zero-order chi connectivity index (χ0) is 20.1. The van der Waals surface area contributed by atoms with Gasteiger partial charge in [-0.1, -0.05) is 0 Å². The number of ether oxygens (including phenoxy) is 2. The Kier molecular flexibility index (Phi) is 4.54. The van der Waals surface area contributed by atoms with Crippen LogP contribution in [0.4, 0.5) is 20.4 Å². The fourth-order valence-electron chi connectivity index (χ4n) is 3.34. The van der Waals surface area contributed by atoms with Crippen molar-refractivity contribution in [1.82, 2.24) is 15.0 Å². The monoisotopic (exact) mass is 413 g/mol. The molecule has 2 aliphatic heterocycles. The molecule has 2 fully saturated rings. The maximum Gasteiger partial charge on any atom is 0.387 e. The highest BCUT2D eigenvalue weighted by atomic mass is 32.2. The summed E-state index contributed by atoms with van der Waals surface area (Å²) in [7, 11) is -3.71. The summed E-state index contributed by atoms with van der Waals surface area (Å²) in [6.45, 7) is -1.95. The van der Waals surface area contributed by atoms with Gasteiger partial charge in [-0.15, -0.1) is 0 Å². The smallest absolute Gasteiger partial charge is 0.387 e.